The van der Waals surface area contributed by atoms with Gasteiger partial charge in [0, 0.05) is 15.4 Å². The van der Waals surface area contributed by atoms with E-state index in [0.717, 1.165) is 6.07 Å². The molecule has 1 rings (SSSR count). The summed E-state index contributed by atoms with van der Waals surface area (Å²) in [5.41, 5.74) is -0.823. The molecule has 0 aliphatic heterocycles. The molecule has 0 heterocycles. The van der Waals surface area contributed by atoms with Crippen LogP contribution in [0, 0.1) is 0 Å². The highest BCUT2D eigenvalue weighted by atomic mass is 32.1. The maximum atomic E-state index is 12.5. The third-order valence-corrected chi connectivity index (χ3v) is 2.23. The van der Waals surface area contributed by atoms with Gasteiger partial charge < -0.3 is 0 Å². The maximum absolute atomic E-state index is 12.5. The third kappa shape index (κ3) is 2.27. The van der Waals surface area contributed by atoms with Crippen LogP contribution in [0.4, 0.5) is 13.2 Å². The van der Waals surface area contributed by atoms with Crippen LogP contribution in [0.5, 0.6) is 0 Å². The van der Waals surface area contributed by atoms with Crippen molar-refractivity contribution in [3.63, 3.8) is 0 Å². The SMILES string of the molecule is C=C(S)c1c(S)cccc1C(F)(F)F. The zero-order chi connectivity index (χ0) is 10.9. The molecule has 1 aromatic rings. The Morgan fingerprint density at radius 3 is 2.21 bits per heavy atom. The molecule has 0 aliphatic carbocycles. The third-order valence-electron chi connectivity index (χ3n) is 1.64. The molecule has 0 saturated carbocycles. The Morgan fingerprint density at radius 2 is 1.86 bits per heavy atom. The first-order chi connectivity index (χ1) is 6.34. The van der Waals surface area contributed by atoms with Crippen molar-refractivity contribution in [3.8, 4) is 0 Å². The van der Waals surface area contributed by atoms with Gasteiger partial charge in [-0.05, 0) is 12.1 Å². The summed E-state index contributed by atoms with van der Waals surface area (Å²) in [6, 6.07) is 3.75. The molecular formula is C9H7F3S2. The van der Waals surface area contributed by atoms with Crippen molar-refractivity contribution in [2.45, 2.75) is 11.1 Å². The van der Waals surface area contributed by atoms with E-state index in [2.05, 4.69) is 31.8 Å². The molecule has 0 amide bonds. The summed E-state index contributed by atoms with van der Waals surface area (Å²) >= 11 is 7.74. The van der Waals surface area contributed by atoms with Crippen molar-refractivity contribution in [2.24, 2.45) is 0 Å². The highest BCUT2D eigenvalue weighted by molar-refractivity contribution is 7.90. The van der Waals surface area contributed by atoms with Crippen LogP contribution in [0.2, 0.25) is 0 Å². The van der Waals surface area contributed by atoms with E-state index >= 15 is 0 Å². The summed E-state index contributed by atoms with van der Waals surface area (Å²) < 4.78 is 37.4. The van der Waals surface area contributed by atoms with E-state index in [9.17, 15) is 13.2 Å². The maximum Gasteiger partial charge on any atom is 0.417 e. The lowest BCUT2D eigenvalue weighted by atomic mass is 10.1. The second kappa shape index (κ2) is 3.90. The predicted octanol–water partition coefficient (Wildman–Crippen LogP) is 3.89. The molecule has 0 nitrogen and oxygen atoms in total. The van der Waals surface area contributed by atoms with Crippen LogP contribution in [0.1, 0.15) is 11.1 Å². The van der Waals surface area contributed by atoms with E-state index in [1.807, 2.05) is 0 Å². The molecule has 0 radical (unpaired) electrons. The van der Waals surface area contributed by atoms with Crippen molar-refractivity contribution in [1.82, 2.24) is 0 Å². The number of benzene rings is 1. The topological polar surface area (TPSA) is 0 Å². The Hall–Kier alpha value is -0.550. The number of rotatable bonds is 1. The lowest BCUT2D eigenvalue weighted by Gasteiger charge is -2.13. The molecule has 14 heavy (non-hydrogen) atoms. The summed E-state index contributed by atoms with van der Waals surface area (Å²) in [6.07, 6.45) is -4.40. The normalized spacial score (nSPS) is 11.5. The van der Waals surface area contributed by atoms with Crippen molar-refractivity contribution in [2.75, 3.05) is 0 Å². The number of hydrogen-bond donors (Lipinski definition) is 2. The number of hydrogen-bond acceptors (Lipinski definition) is 2. The zero-order valence-corrected chi connectivity index (χ0v) is 8.76. The van der Waals surface area contributed by atoms with Crippen LogP contribution in [0.3, 0.4) is 0 Å². The minimum atomic E-state index is -4.40. The highest BCUT2D eigenvalue weighted by Gasteiger charge is 2.34. The van der Waals surface area contributed by atoms with Gasteiger partial charge in [0.25, 0.3) is 0 Å². The van der Waals surface area contributed by atoms with Gasteiger partial charge in [-0.25, -0.2) is 0 Å². The first-order valence-corrected chi connectivity index (χ1v) is 4.51. The largest absolute Gasteiger partial charge is 0.417 e. The van der Waals surface area contributed by atoms with Crippen molar-refractivity contribution in [1.29, 1.82) is 0 Å². The van der Waals surface area contributed by atoms with Crippen LogP contribution in [0.15, 0.2) is 29.7 Å². The van der Waals surface area contributed by atoms with Gasteiger partial charge in [-0.2, -0.15) is 13.2 Å². The number of thiol groups is 2. The molecule has 0 unspecified atom stereocenters. The minimum absolute atomic E-state index is 0.0583. The molecule has 0 saturated heterocycles. The van der Waals surface area contributed by atoms with Gasteiger partial charge in [-0.15, -0.1) is 25.3 Å². The van der Waals surface area contributed by atoms with Crippen LogP contribution < -0.4 is 0 Å². The van der Waals surface area contributed by atoms with E-state index in [0.29, 0.717) is 0 Å². The summed E-state index contributed by atoms with van der Waals surface area (Å²) in [7, 11) is 0. The van der Waals surface area contributed by atoms with Gasteiger partial charge in [0.05, 0.1) is 5.56 Å². The number of halogens is 3. The Morgan fingerprint density at radius 1 is 1.29 bits per heavy atom. The van der Waals surface area contributed by atoms with E-state index in [1.54, 1.807) is 0 Å². The van der Waals surface area contributed by atoms with Crippen LogP contribution >= 0.6 is 25.3 Å². The predicted molar refractivity (Wildman–Crippen MR) is 56.7 cm³/mol. The zero-order valence-electron chi connectivity index (χ0n) is 6.97. The second-order valence-electron chi connectivity index (χ2n) is 2.64. The average molecular weight is 236 g/mol. The van der Waals surface area contributed by atoms with Crippen LogP contribution in [0.25, 0.3) is 4.91 Å². The van der Waals surface area contributed by atoms with Gasteiger partial charge in [0.15, 0.2) is 0 Å². The molecule has 0 bridgehead atoms. The Labute approximate surface area is 90.6 Å². The molecule has 0 spiro atoms. The molecule has 0 atom stereocenters. The van der Waals surface area contributed by atoms with E-state index < -0.39 is 11.7 Å². The summed E-state index contributed by atoms with van der Waals surface area (Å²) in [4.78, 5) is 0.280. The van der Waals surface area contributed by atoms with Crippen LogP contribution in [-0.2, 0) is 6.18 Å². The fourth-order valence-electron chi connectivity index (χ4n) is 1.08. The summed E-state index contributed by atoms with van der Waals surface area (Å²) in [6.45, 7) is 3.38. The fraction of sp³-hybridized carbons (Fsp3) is 0.111. The van der Waals surface area contributed by atoms with Gasteiger partial charge in [0.1, 0.15) is 0 Å². The smallest absolute Gasteiger partial charge is 0.166 e. The van der Waals surface area contributed by atoms with Crippen LogP contribution in [-0.4, -0.2) is 0 Å². The quantitative estimate of drug-likeness (QED) is 0.679. The molecule has 0 aromatic heterocycles. The average Bonchev–Trinajstić information content (AvgIpc) is 2.01. The van der Waals surface area contributed by atoms with E-state index in [1.165, 1.54) is 12.1 Å². The Bertz CT molecular complexity index is 369. The van der Waals surface area contributed by atoms with Gasteiger partial charge >= 0.3 is 6.18 Å². The lowest BCUT2D eigenvalue weighted by Crippen LogP contribution is -2.08. The van der Waals surface area contributed by atoms with Gasteiger partial charge in [0.2, 0.25) is 0 Å². The molecule has 0 aliphatic rings. The monoisotopic (exact) mass is 236 g/mol. The molecule has 5 heteroatoms. The standard InChI is InChI=1S/C9H7F3S2/c1-5(13)8-6(9(10,11)12)3-2-4-7(8)14/h2-4,13-14H,1H2. The van der Waals surface area contributed by atoms with Crippen molar-refractivity contribution in [3.05, 3.63) is 35.9 Å². The van der Waals surface area contributed by atoms with E-state index in [-0.39, 0.29) is 15.4 Å². The first-order valence-electron chi connectivity index (χ1n) is 3.61. The highest BCUT2D eigenvalue weighted by Crippen LogP contribution is 2.38. The molecule has 1 aromatic carbocycles. The summed E-state index contributed by atoms with van der Waals surface area (Å²) in [5.74, 6) is 0. The second-order valence-corrected chi connectivity index (χ2v) is 3.67. The molecule has 76 valence electrons. The minimum Gasteiger partial charge on any atom is -0.166 e. The van der Waals surface area contributed by atoms with Crippen molar-refractivity contribution < 1.29 is 13.2 Å². The first kappa shape index (κ1) is 11.5. The lowest BCUT2D eigenvalue weighted by molar-refractivity contribution is -0.137. The van der Waals surface area contributed by atoms with Gasteiger partial charge in [-0.1, -0.05) is 12.6 Å². The van der Waals surface area contributed by atoms with Gasteiger partial charge in [-0.3, -0.25) is 0 Å². The Kier molecular flexibility index (Phi) is 3.21. The Balaban J connectivity index is 3.44. The van der Waals surface area contributed by atoms with Crippen molar-refractivity contribution >= 4 is 30.2 Å². The molecule has 0 fully saturated rings. The number of alkyl halides is 3. The van der Waals surface area contributed by atoms with E-state index in [4.69, 9.17) is 0 Å². The molecule has 0 N–H and O–H groups in total. The fourth-order valence-corrected chi connectivity index (χ4v) is 1.75. The molecular weight excluding hydrogens is 229 g/mol. The summed E-state index contributed by atoms with van der Waals surface area (Å²) in [5, 5.41) is 0.